The SMILES string of the molecule is C/C=C\CC(C[Si](C)(C)c1ccccc1)=C(C)C. The van der Waals surface area contributed by atoms with Gasteiger partial charge in [0.2, 0.25) is 0 Å². The highest BCUT2D eigenvalue weighted by Gasteiger charge is 2.24. The maximum atomic E-state index is 2.47. The number of hydrogen-bond acceptors (Lipinski definition) is 0. The van der Waals surface area contributed by atoms with Crippen LogP contribution in [0.25, 0.3) is 0 Å². The Morgan fingerprint density at radius 3 is 2.22 bits per heavy atom. The van der Waals surface area contributed by atoms with Crippen LogP contribution in [-0.4, -0.2) is 8.07 Å². The summed E-state index contributed by atoms with van der Waals surface area (Å²) in [6, 6.07) is 12.3. The number of hydrogen-bond donors (Lipinski definition) is 0. The smallest absolute Gasteiger partial charge is 0.0846 e. The summed E-state index contributed by atoms with van der Waals surface area (Å²) in [5.74, 6) is 0. The van der Waals surface area contributed by atoms with Crippen molar-refractivity contribution >= 4 is 13.3 Å². The van der Waals surface area contributed by atoms with Gasteiger partial charge >= 0.3 is 0 Å². The zero-order valence-corrected chi connectivity index (χ0v) is 13.5. The number of rotatable bonds is 5. The van der Waals surface area contributed by atoms with Gasteiger partial charge in [0.15, 0.2) is 0 Å². The van der Waals surface area contributed by atoms with Gasteiger partial charge in [-0.3, -0.25) is 0 Å². The Morgan fingerprint density at radius 2 is 1.72 bits per heavy atom. The van der Waals surface area contributed by atoms with E-state index in [0.29, 0.717) is 0 Å². The van der Waals surface area contributed by atoms with Gasteiger partial charge in [-0.05, 0) is 33.2 Å². The van der Waals surface area contributed by atoms with Crippen molar-refractivity contribution in [2.24, 2.45) is 0 Å². The van der Waals surface area contributed by atoms with Gasteiger partial charge in [0.25, 0.3) is 0 Å². The first-order valence-corrected chi connectivity index (χ1v) is 10.00. The van der Waals surface area contributed by atoms with Crippen molar-refractivity contribution in [2.75, 3.05) is 0 Å². The third-order valence-corrected chi connectivity index (χ3v) is 6.72. The summed E-state index contributed by atoms with van der Waals surface area (Å²) in [7, 11) is -1.35. The van der Waals surface area contributed by atoms with E-state index in [0.717, 1.165) is 6.42 Å². The van der Waals surface area contributed by atoms with E-state index < -0.39 is 8.07 Å². The lowest BCUT2D eigenvalue weighted by Gasteiger charge is -2.25. The Balaban J connectivity index is 2.90. The second kappa shape index (κ2) is 6.74. The van der Waals surface area contributed by atoms with E-state index in [9.17, 15) is 0 Å². The van der Waals surface area contributed by atoms with Crippen molar-refractivity contribution in [3.63, 3.8) is 0 Å². The zero-order valence-electron chi connectivity index (χ0n) is 12.5. The molecule has 0 aromatic heterocycles. The highest BCUT2D eigenvalue weighted by atomic mass is 28.3. The number of benzene rings is 1. The first-order chi connectivity index (χ1) is 8.47. The molecule has 0 bridgehead atoms. The minimum absolute atomic E-state index is 1.11. The largest absolute Gasteiger partial charge is 0.0913 e. The van der Waals surface area contributed by atoms with Gasteiger partial charge in [0.05, 0.1) is 8.07 Å². The summed E-state index contributed by atoms with van der Waals surface area (Å²) < 4.78 is 0. The van der Waals surface area contributed by atoms with Crippen molar-refractivity contribution < 1.29 is 0 Å². The van der Waals surface area contributed by atoms with Gasteiger partial charge in [0, 0.05) is 0 Å². The molecule has 1 aromatic carbocycles. The molecule has 0 unspecified atom stereocenters. The van der Waals surface area contributed by atoms with Crippen LogP contribution in [0, 0.1) is 0 Å². The molecule has 0 fully saturated rings. The third-order valence-electron chi connectivity index (χ3n) is 3.52. The Labute approximate surface area is 113 Å². The van der Waals surface area contributed by atoms with E-state index >= 15 is 0 Å². The molecule has 0 aliphatic carbocycles. The van der Waals surface area contributed by atoms with Crippen LogP contribution in [0.2, 0.25) is 19.1 Å². The third kappa shape index (κ3) is 4.30. The zero-order chi connectivity index (χ0) is 13.6. The van der Waals surface area contributed by atoms with Crippen molar-refractivity contribution in [3.8, 4) is 0 Å². The van der Waals surface area contributed by atoms with Gasteiger partial charge in [-0.25, -0.2) is 0 Å². The Kier molecular flexibility index (Phi) is 5.61. The molecule has 0 spiro atoms. The minimum atomic E-state index is -1.35. The van der Waals surface area contributed by atoms with Crippen LogP contribution in [0.3, 0.4) is 0 Å². The molecule has 1 aromatic rings. The van der Waals surface area contributed by atoms with Crippen LogP contribution in [0.1, 0.15) is 27.2 Å². The topological polar surface area (TPSA) is 0 Å². The Morgan fingerprint density at radius 1 is 1.11 bits per heavy atom. The maximum Gasteiger partial charge on any atom is 0.0846 e. The average Bonchev–Trinajstić information content (AvgIpc) is 2.35. The second-order valence-corrected chi connectivity index (χ2v) is 10.5. The molecule has 0 nitrogen and oxygen atoms in total. The molecule has 1 rings (SSSR count). The highest BCUT2D eigenvalue weighted by Crippen LogP contribution is 2.22. The fraction of sp³-hybridized carbons (Fsp3) is 0.412. The second-order valence-electron chi connectivity index (χ2n) is 5.80. The molecule has 1 heteroatoms. The van der Waals surface area contributed by atoms with Crippen molar-refractivity contribution in [2.45, 2.75) is 46.3 Å². The van der Waals surface area contributed by atoms with Crippen LogP contribution in [0.5, 0.6) is 0 Å². The summed E-state index contributed by atoms with van der Waals surface area (Å²) in [6.45, 7) is 11.5. The van der Waals surface area contributed by atoms with Crippen LogP contribution < -0.4 is 5.19 Å². The molecule has 0 saturated heterocycles. The van der Waals surface area contributed by atoms with E-state index in [2.05, 4.69) is 76.3 Å². The first kappa shape index (κ1) is 15.0. The fourth-order valence-corrected chi connectivity index (χ4v) is 5.10. The molecule has 0 amide bonds. The standard InChI is InChI=1S/C17H26Si/c1-6-7-11-16(15(2)3)14-18(4,5)17-12-9-8-10-13-17/h6-10,12-13H,11,14H2,1-5H3/b7-6-. The van der Waals surface area contributed by atoms with Gasteiger partial charge in [-0.1, -0.05) is 71.9 Å². The van der Waals surface area contributed by atoms with Crippen molar-refractivity contribution in [1.82, 2.24) is 0 Å². The molecule has 0 saturated carbocycles. The molecule has 0 atom stereocenters. The van der Waals surface area contributed by atoms with Crippen LogP contribution in [-0.2, 0) is 0 Å². The van der Waals surface area contributed by atoms with Gasteiger partial charge in [-0.15, -0.1) is 0 Å². The normalized spacial score (nSPS) is 11.8. The molecular formula is C17H26Si. The average molecular weight is 258 g/mol. The van der Waals surface area contributed by atoms with Crippen molar-refractivity contribution in [1.29, 1.82) is 0 Å². The molecule has 18 heavy (non-hydrogen) atoms. The maximum absolute atomic E-state index is 2.47. The van der Waals surface area contributed by atoms with Gasteiger partial charge < -0.3 is 0 Å². The molecule has 0 N–H and O–H groups in total. The van der Waals surface area contributed by atoms with E-state index in [4.69, 9.17) is 0 Å². The van der Waals surface area contributed by atoms with Gasteiger partial charge in [-0.2, -0.15) is 0 Å². The molecule has 0 aliphatic heterocycles. The quantitative estimate of drug-likeness (QED) is 0.520. The summed E-state index contributed by atoms with van der Waals surface area (Å²) in [4.78, 5) is 0. The van der Waals surface area contributed by atoms with Crippen LogP contribution in [0.15, 0.2) is 53.6 Å². The van der Waals surface area contributed by atoms with Gasteiger partial charge in [0.1, 0.15) is 0 Å². The lowest BCUT2D eigenvalue weighted by Crippen LogP contribution is -2.41. The first-order valence-electron chi connectivity index (χ1n) is 6.79. The van der Waals surface area contributed by atoms with E-state index in [-0.39, 0.29) is 0 Å². The minimum Gasteiger partial charge on any atom is -0.0913 e. The summed E-state index contributed by atoms with van der Waals surface area (Å²) >= 11 is 0. The van der Waals surface area contributed by atoms with Crippen LogP contribution >= 0.6 is 0 Å². The number of allylic oxidation sites excluding steroid dienone is 4. The Bertz CT molecular complexity index is 420. The summed E-state index contributed by atoms with van der Waals surface area (Å²) in [5.41, 5.74) is 3.11. The summed E-state index contributed by atoms with van der Waals surface area (Å²) in [6.07, 6.45) is 5.54. The molecular weight excluding hydrogens is 232 g/mol. The highest BCUT2D eigenvalue weighted by molar-refractivity contribution is 6.90. The molecule has 0 radical (unpaired) electrons. The van der Waals surface area contributed by atoms with Crippen LogP contribution in [0.4, 0.5) is 0 Å². The predicted molar refractivity (Wildman–Crippen MR) is 86.2 cm³/mol. The van der Waals surface area contributed by atoms with E-state index in [1.807, 2.05) is 0 Å². The van der Waals surface area contributed by atoms with Crippen molar-refractivity contribution in [3.05, 3.63) is 53.6 Å². The Hall–Kier alpha value is -1.08. The molecule has 0 aliphatic rings. The fourth-order valence-electron chi connectivity index (χ4n) is 2.24. The van der Waals surface area contributed by atoms with E-state index in [1.165, 1.54) is 11.6 Å². The summed E-state index contributed by atoms with van der Waals surface area (Å²) in [5, 5.41) is 1.56. The molecule has 98 valence electrons. The lowest BCUT2D eigenvalue weighted by atomic mass is 10.1. The molecule has 0 heterocycles. The predicted octanol–water partition coefficient (Wildman–Crippen LogP) is 4.90. The lowest BCUT2D eigenvalue weighted by molar-refractivity contribution is 1.11. The monoisotopic (exact) mass is 258 g/mol. The van der Waals surface area contributed by atoms with E-state index in [1.54, 1.807) is 10.8 Å².